The molecule has 1 N–H and O–H groups in total. The van der Waals surface area contributed by atoms with Crippen molar-refractivity contribution in [1.29, 1.82) is 5.26 Å². The number of ether oxygens (including phenoxy) is 1. The summed E-state index contributed by atoms with van der Waals surface area (Å²) in [6.07, 6.45) is 1.40. The molecular weight excluding hydrogens is 436 g/mol. The van der Waals surface area contributed by atoms with Crippen LogP contribution in [0.3, 0.4) is 0 Å². The van der Waals surface area contributed by atoms with E-state index >= 15 is 0 Å². The molecule has 4 aromatic rings. The van der Waals surface area contributed by atoms with E-state index < -0.39 is 5.91 Å². The molecule has 0 radical (unpaired) electrons. The SMILES string of the molecule is N#C/C(=C\c1ccc(-c2cccc(Cl)c2)o1)C(=O)Nc1ccc(OCc2ccccc2)cc1. The van der Waals surface area contributed by atoms with Gasteiger partial charge in [-0.05, 0) is 54.1 Å². The van der Waals surface area contributed by atoms with Crippen molar-refractivity contribution in [3.8, 4) is 23.1 Å². The smallest absolute Gasteiger partial charge is 0.266 e. The topological polar surface area (TPSA) is 75.3 Å². The Morgan fingerprint density at radius 3 is 2.52 bits per heavy atom. The van der Waals surface area contributed by atoms with Gasteiger partial charge in [0.1, 0.15) is 35.5 Å². The number of hydrogen-bond acceptors (Lipinski definition) is 4. The number of halogens is 1. The maximum Gasteiger partial charge on any atom is 0.266 e. The molecule has 0 aliphatic heterocycles. The van der Waals surface area contributed by atoms with Crippen molar-refractivity contribution < 1.29 is 13.9 Å². The number of hydrogen-bond donors (Lipinski definition) is 1. The second kappa shape index (κ2) is 10.4. The van der Waals surface area contributed by atoms with Crippen LogP contribution in [0.2, 0.25) is 5.02 Å². The van der Waals surface area contributed by atoms with E-state index in [0.29, 0.717) is 34.6 Å². The molecule has 33 heavy (non-hydrogen) atoms. The van der Waals surface area contributed by atoms with Gasteiger partial charge in [0.25, 0.3) is 5.91 Å². The molecule has 0 bridgehead atoms. The van der Waals surface area contributed by atoms with Gasteiger partial charge in [0.05, 0.1) is 0 Å². The minimum atomic E-state index is -0.531. The summed E-state index contributed by atoms with van der Waals surface area (Å²) < 4.78 is 11.5. The molecular formula is C27H19ClN2O3. The Kier molecular flexibility index (Phi) is 6.89. The molecule has 0 unspecified atom stereocenters. The summed E-state index contributed by atoms with van der Waals surface area (Å²) in [7, 11) is 0. The quantitative estimate of drug-likeness (QED) is 0.248. The molecule has 0 atom stereocenters. The highest BCUT2D eigenvalue weighted by molar-refractivity contribution is 6.30. The summed E-state index contributed by atoms with van der Waals surface area (Å²) in [6.45, 7) is 0.453. The standard InChI is InChI=1S/C27H19ClN2O3/c28-22-8-4-7-20(15-22)26-14-13-25(33-26)16-21(17-29)27(31)30-23-9-11-24(12-10-23)32-18-19-5-2-1-3-6-19/h1-16H,18H2,(H,30,31)/b21-16+. The Hall–Kier alpha value is -4.27. The zero-order valence-corrected chi connectivity index (χ0v) is 18.3. The van der Waals surface area contributed by atoms with Crippen LogP contribution < -0.4 is 10.1 Å². The highest BCUT2D eigenvalue weighted by atomic mass is 35.5. The zero-order valence-electron chi connectivity index (χ0n) is 17.5. The van der Waals surface area contributed by atoms with Gasteiger partial charge < -0.3 is 14.5 Å². The summed E-state index contributed by atoms with van der Waals surface area (Å²) in [6, 6.07) is 29.4. The number of nitrogens with zero attached hydrogens (tertiary/aromatic N) is 1. The predicted molar refractivity (Wildman–Crippen MR) is 129 cm³/mol. The number of carbonyl (C=O) groups is 1. The van der Waals surface area contributed by atoms with Gasteiger partial charge in [-0.15, -0.1) is 0 Å². The number of anilines is 1. The lowest BCUT2D eigenvalue weighted by molar-refractivity contribution is -0.112. The second-order valence-corrected chi connectivity index (χ2v) is 7.57. The summed E-state index contributed by atoms with van der Waals surface area (Å²) in [4.78, 5) is 12.6. The third kappa shape index (κ3) is 5.91. The fourth-order valence-corrected chi connectivity index (χ4v) is 3.28. The first kappa shape index (κ1) is 21.9. The number of amides is 1. The largest absolute Gasteiger partial charge is 0.489 e. The van der Waals surface area contributed by atoms with E-state index in [1.165, 1.54) is 6.08 Å². The third-order valence-corrected chi connectivity index (χ3v) is 4.98. The molecule has 3 aromatic carbocycles. The molecule has 0 aliphatic carbocycles. The molecule has 0 aliphatic rings. The molecule has 162 valence electrons. The molecule has 1 heterocycles. The molecule has 5 nitrogen and oxygen atoms in total. The number of benzene rings is 3. The van der Waals surface area contributed by atoms with Crippen LogP contribution >= 0.6 is 11.6 Å². The summed E-state index contributed by atoms with van der Waals surface area (Å²) >= 11 is 6.02. The van der Waals surface area contributed by atoms with Crippen molar-refractivity contribution in [2.24, 2.45) is 0 Å². The van der Waals surface area contributed by atoms with Crippen LogP contribution in [0, 0.1) is 11.3 Å². The molecule has 1 aromatic heterocycles. The fourth-order valence-electron chi connectivity index (χ4n) is 3.09. The van der Waals surface area contributed by atoms with Crippen molar-refractivity contribution in [2.75, 3.05) is 5.32 Å². The lowest BCUT2D eigenvalue weighted by atomic mass is 10.2. The molecule has 0 fully saturated rings. The average molecular weight is 455 g/mol. The van der Waals surface area contributed by atoms with E-state index in [0.717, 1.165) is 11.1 Å². The highest BCUT2D eigenvalue weighted by Crippen LogP contribution is 2.26. The Labute approximate surface area is 196 Å². The zero-order chi connectivity index (χ0) is 23.0. The lowest BCUT2D eigenvalue weighted by Gasteiger charge is -2.08. The van der Waals surface area contributed by atoms with E-state index in [2.05, 4.69) is 5.32 Å². The van der Waals surface area contributed by atoms with E-state index in [4.69, 9.17) is 20.8 Å². The van der Waals surface area contributed by atoms with E-state index in [-0.39, 0.29) is 5.57 Å². The molecule has 4 rings (SSSR count). The van der Waals surface area contributed by atoms with E-state index in [1.54, 1.807) is 48.5 Å². The highest BCUT2D eigenvalue weighted by Gasteiger charge is 2.12. The van der Waals surface area contributed by atoms with Crippen LogP contribution in [0.1, 0.15) is 11.3 Å². The lowest BCUT2D eigenvalue weighted by Crippen LogP contribution is -2.13. The molecule has 6 heteroatoms. The second-order valence-electron chi connectivity index (χ2n) is 7.13. The maximum absolute atomic E-state index is 12.6. The third-order valence-electron chi connectivity index (χ3n) is 4.75. The Balaban J connectivity index is 1.39. The van der Waals surface area contributed by atoms with Gasteiger partial charge in [-0.2, -0.15) is 5.26 Å². The van der Waals surface area contributed by atoms with Crippen molar-refractivity contribution in [3.05, 3.63) is 113 Å². The average Bonchev–Trinajstić information content (AvgIpc) is 3.31. The summed E-state index contributed by atoms with van der Waals surface area (Å²) in [5.41, 5.74) is 2.34. The molecule has 1 amide bonds. The van der Waals surface area contributed by atoms with Crippen LogP contribution in [0.15, 0.2) is 101 Å². The fraction of sp³-hybridized carbons (Fsp3) is 0.0370. The van der Waals surface area contributed by atoms with E-state index in [9.17, 15) is 10.1 Å². The van der Waals surface area contributed by atoms with Gasteiger partial charge in [0, 0.05) is 22.3 Å². The number of carbonyl (C=O) groups excluding carboxylic acids is 1. The van der Waals surface area contributed by atoms with Crippen LogP contribution in [0.5, 0.6) is 5.75 Å². The van der Waals surface area contributed by atoms with E-state index in [1.807, 2.05) is 48.5 Å². The summed E-state index contributed by atoms with van der Waals surface area (Å²) in [5, 5.41) is 12.8. The van der Waals surface area contributed by atoms with Crippen molar-refractivity contribution in [3.63, 3.8) is 0 Å². The van der Waals surface area contributed by atoms with Crippen molar-refractivity contribution in [2.45, 2.75) is 6.61 Å². The van der Waals surface area contributed by atoms with Gasteiger partial charge in [0.15, 0.2) is 0 Å². The van der Waals surface area contributed by atoms with Crippen LogP contribution in [0.25, 0.3) is 17.4 Å². The molecule has 0 spiro atoms. The van der Waals surface area contributed by atoms with Gasteiger partial charge in [-0.25, -0.2) is 0 Å². The first-order valence-electron chi connectivity index (χ1n) is 10.2. The Bertz CT molecular complexity index is 1320. The molecule has 0 saturated heterocycles. The van der Waals surface area contributed by atoms with Crippen LogP contribution in [0.4, 0.5) is 5.69 Å². The number of rotatable bonds is 7. The van der Waals surface area contributed by atoms with Crippen LogP contribution in [-0.2, 0) is 11.4 Å². The van der Waals surface area contributed by atoms with Crippen molar-refractivity contribution >= 4 is 29.3 Å². The Morgan fingerprint density at radius 1 is 1.00 bits per heavy atom. The maximum atomic E-state index is 12.6. The number of nitriles is 1. The number of nitrogens with one attached hydrogen (secondary N) is 1. The monoisotopic (exact) mass is 454 g/mol. The van der Waals surface area contributed by atoms with Gasteiger partial charge in [-0.3, -0.25) is 4.79 Å². The minimum Gasteiger partial charge on any atom is -0.489 e. The predicted octanol–water partition coefficient (Wildman–Crippen LogP) is 6.72. The first-order valence-corrected chi connectivity index (χ1v) is 10.5. The van der Waals surface area contributed by atoms with Gasteiger partial charge in [0.2, 0.25) is 0 Å². The number of furan rings is 1. The van der Waals surface area contributed by atoms with Gasteiger partial charge >= 0.3 is 0 Å². The summed E-state index contributed by atoms with van der Waals surface area (Å²) in [5.74, 6) is 1.13. The Morgan fingerprint density at radius 2 is 1.79 bits per heavy atom. The van der Waals surface area contributed by atoms with Crippen LogP contribution in [-0.4, -0.2) is 5.91 Å². The van der Waals surface area contributed by atoms with Crippen molar-refractivity contribution in [1.82, 2.24) is 0 Å². The minimum absolute atomic E-state index is 0.0774. The molecule has 0 saturated carbocycles. The normalized spacial score (nSPS) is 11.0. The first-order chi connectivity index (χ1) is 16.1. The van der Waals surface area contributed by atoms with Gasteiger partial charge in [-0.1, -0.05) is 54.1 Å².